The fourth-order valence-electron chi connectivity index (χ4n) is 3.79. The van der Waals surface area contributed by atoms with Gasteiger partial charge in [-0.25, -0.2) is 0 Å². The van der Waals surface area contributed by atoms with E-state index in [1.54, 1.807) is 7.11 Å². The van der Waals surface area contributed by atoms with Gasteiger partial charge in [-0.1, -0.05) is 72.3 Å². The van der Waals surface area contributed by atoms with Gasteiger partial charge >= 0.3 is 0 Å². The summed E-state index contributed by atoms with van der Waals surface area (Å²) < 4.78 is 5.18. The summed E-state index contributed by atoms with van der Waals surface area (Å²) in [5.41, 5.74) is 11.6. The molecule has 3 aromatic carbocycles. The number of ether oxygens (including phenoxy) is 1. The largest absolute Gasteiger partial charge is 0.497 e. The highest BCUT2D eigenvalue weighted by Gasteiger charge is 2.27. The predicted octanol–water partition coefficient (Wildman–Crippen LogP) is 4.93. The van der Waals surface area contributed by atoms with Gasteiger partial charge in [0.15, 0.2) is 0 Å². The molecule has 0 aromatic heterocycles. The molecule has 0 radical (unpaired) electrons. The van der Waals surface area contributed by atoms with Gasteiger partial charge in [-0.15, -0.1) is 0 Å². The molecule has 2 N–H and O–H groups in total. The van der Waals surface area contributed by atoms with Crippen LogP contribution in [0.5, 0.6) is 5.75 Å². The minimum atomic E-state index is -0.618. The standard InChI is InChI=1S/C26H25ClN2O2/c1-31-23-12-9-18(10-13-23)6-7-19-8-11-20(24(27)14-19)15-25(28)26(30)29-16-21-4-2-3-5-22(21)17-29/h2-14,25H,15-17,28H2,1H3/b7-6+. The molecule has 0 fully saturated rings. The normalized spacial score (nSPS) is 14.0. The van der Waals surface area contributed by atoms with Crippen molar-refractivity contribution in [3.8, 4) is 5.75 Å². The molecule has 0 saturated carbocycles. The first-order valence-corrected chi connectivity index (χ1v) is 10.6. The Morgan fingerprint density at radius 3 is 2.26 bits per heavy atom. The van der Waals surface area contributed by atoms with Crippen LogP contribution in [0.15, 0.2) is 66.7 Å². The first-order chi connectivity index (χ1) is 15.0. The SMILES string of the molecule is COc1ccc(/C=C/c2ccc(CC(N)C(=O)N3Cc4ccccc4C3)c(Cl)c2)cc1. The van der Waals surface area contributed by atoms with Crippen molar-refractivity contribution in [3.05, 3.63) is 99.6 Å². The van der Waals surface area contributed by atoms with Gasteiger partial charge in [0.2, 0.25) is 5.91 Å². The van der Waals surface area contributed by atoms with Crippen molar-refractivity contribution in [1.82, 2.24) is 4.90 Å². The van der Waals surface area contributed by atoms with Crippen molar-refractivity contribution < 1.29 is 9.53 Å². The Bertz CT molecular complexity index is 1080. The predicted molar refractivity (Wildman–Crippen MR) is 126 cm³/mol. The average molecular weight is 433 g/mol. The number of nitrogens with zero attached hydrogens (tertiary/aromatic N) is 1. The van der Waals surface area contributed by atoms with Crippen LogP contribution in [0.2, 0.25) is 5.02 Å². The molecular weight excluding hydrogens is 408 g/mol. The lowest BCUT2D eigenvalue weighted by Crippen LogP contribution is -2.42. The van der Waals surface area contributed by atoms with Crippen LogP contribution < -0.4 is 10.5 Å². The highest BCUT2D eigenvalue weighted by atomic mass is 35.5. The van der Waals surface area contributed by atoms with Gasteiger partial charge in [0.05, 0.1) is 13.2 Å². The lowest BCUT2D eigenvalue weighted by Gasteiger charge is -2.20. The summed E-state index contributed by atoms with van der Waals surface area (Å²) in [6.45, 7) is 1.23. The second-order valence-corrected chi connectivity index (χ2v) is 8.14. The van der Waals surface area contributed by atoms with Crippen LogP contribution in [-0.2, 0) is 24.3 Å². The highest BCUT2D eigenvalue weighted by Crippen LogP contribution is 2.25. The number of halogens is 1. The maximum atomic E-state index is 12.8. The summed E-state index contributed by atoms with van der Waals surface area (Å²) in [4.78, 5) is 14.7. The number of rotatable bonds is 6. The average Bonchev–Trinajstić information content (AvgIpc) is 3.23. The molecule has 1 aliphatic rings. The first kappa shape index (κ1) is 21.2. The number of fused-ring (bicyclic) bond motifs is 1. The molecule has 158 valence electrons. The molecule has 5 heteroatoms. The fraction of sp³-hybridized carbons (Fsp3) is 0.192. The van der Waals surface area contributed by atoms with E-state index < -0.39 is 6.04 Å². The van der Waals surface area contributed by atoms with E-state index in [9.17, 15) is 4.79 Å². The number of amides is 1. The number of hydrogen-bond donors (Lipinski definition) is 1. The minimum Gasteiger partial charge on any atom is -0.497 e. The Hall–Kier alpha value is -3.08. The van der Waals surface area contributed by atoms with Crippen molar-refractivity contribution in [3.63, 3.8) is 0 Å². The molecule has 1 amide bonds. The Morgan fingerprint density at radius 2 is 1.65 bits per heavy atom. The van der Waals surface area contributed by atoms with Gasteiger partial charge in [-0.05, 0) is 52.4 Å². The lowest BCUT2D eigenvalue weighted by atomic mass is 10.0. The number of hydrogen-bond acceptors (Lipinski definition) is 3. The molecular formula is C26H25ClN2O2. The number of carbonyl (C=O) groups is 1. The van der Waals surface area contributed by atoms with E-state index in [0.29, 0.717) is 24.5 Å². The molecule has 1 atom stereocenters. The van der Waals surface area contributed by atoms with Gasteiger partial charge < -0.3 is 15.4 Å². The van der Waals surface area contributed by atoms with Gasteiger partial charge in [0, 0.05) is 18.1 Å². The van der Waals surface area contributed by atoms with Crippen molar-refractivity contribution in [2.75, 3.05) is 7.11 Å². The molecule has 31 heavy (non-hydrogen) atoms. The molecule has 4 nitrogen and oxygen atoms in total. The van der Waals surface area contributed by atoms with Gasteiger partial charge in [0.1, 0.15) is 5.75 Å². The van der Waals surface area contributed by atoms with Gasteiger partial charge in [-0.3, -0.25) is 4.79 Å². The smallest absolute Gasteiger partial charge is 0.240 e. The van der Waals surface area contributed by atoms with Crippen molar-refractivity contribution in [2.24, 2.45) is 5.73 Å². The number of methoxy groups -OCH3 is 1. The second kappa shape index (κ2) is 9.38. The third-order valence-corrected chi connectivity index (χ3v) is 5.92. The molecule has 4 rings (SSSR count). The van der Waals surface area contributed by atoms with Crippen molar-refractivity contribution in [2.45, 2.75) is 25.6 Å². The van der Waals surface area contributed by atoms with E-state index in [1.807, 2.05) is 71.6 Å². The third-order valence-electron chi connectivity index (χ3n) is 5.57. The number of nitrogens with two attached hydrogens (primary N) is 1. The van der Waals surface area contributed by atoms with E-state index in [0.717, 1.165) is 22.4 Å². The monoisotopic (exact) mass is 432 g/mol. The zero-order valence-electron chi connectivity index (χ0n) is 17.4. The molecule has 0 aliphatic carbocycles. The highest BCUT2D eigenvalue weighted by molar-refractivity contribution is 6.31. The Balaban J connectivity index is 1.38. The topological polar surface area (TPSA) is 55.6 Å². The Labute approximate surface area is 187 Å². The van der Waals surface area contributed by atoms with E-state index in [-0.39, 0.29) is 5.91 Å². The van der Waals surface area contributed by atoms with Crippen LogP contribution in [0.3, 0.4) is 0 Å². The summed E-state index contributed by atoms with van der Waals surface area (Å²) in [7, 11) is 1.65. The van der Waals surface area contributed by atoms with E-state index >= 15 is 0 Å². The molecule has 0 bridgehead atoms. The summed E-state index contributed by atoms with van der Waals surface area (Å²) in [5.74, 6) is 0.781. The van der Waals surface area contributed by atoms with Crippen molar-refractivity contribution in [1.29, 1.82) is 0 Å². The molecule has 3 aromatic rings. The summed E-state index contributed by atoms with van der Waals surface area (Å²) in [5, 5.41) is 0.616. The zero-order valence-corrected chi connectivity index (χ0v) is 18.2. The molecule has 1 unspecified atom stereocenters. The molecule has 0 saturated heterocycles. The maximum Gasteiger partial charge on any atom is 0.240 e. The van der Waals surface area contributed by atoms with E-state index in [1.165, 1.54) is 11.1 Å². The second-order valence-electron chi connectivity index (χ2n) is 7.73. The third kappa shape index (κ3) is 4.98. The van der Waals surface area contributed by atoms with Gasteiger partial charge in [0.25, 0.3) is 0 Å². The van der Waals surface area contributed by atoms with E-state index in [4.69, 9.17) is 22.1 Å². The van der Waals surface area contributed by atoms with Crippen LogP contribution in [0.25, 0.3) is 12.2 Å². The molecule has 0 spiro atoms. The lowest BCUT2D eigenvalue weighted by molar-refractivity contribution is -0.133. The number of carbonyl (C=O) groups excluding carboxylic acids is 1. The van der Waals surface area contributed by atoms with E-state index in [2.05, 4.69) is 12.1 Å². The Morgan fingerprint density at radius 1 is 1.03 bits per heavy atom. The van der Waals surface area contributed by atoms with Crippen LogP contribution >= 0.6 is 11.6 Å². The van der Waals surface area contributed by atoms with Crippen molar-refractivity contribution >= 4 is 29.7 Å². The van der Waals surface area contributed by atoms with Crippen LogP contribution in [-0.4, -0.2) is 24.0 Å². The zero-order chi connectivity index (χ0) is 21.8. The fourth-order valence-corrected chi connectivity index (χ4v) is 4.05. The maximum absolute atomic E-state index is 12.8. The summed E-state index contributed by atoms with van der Waals surface area (Å²) in [6.07, 6.45) is 4.43. The molecule has 1 heterocycles. The quantitative estimate of drug-likeness (QED) is 0.562. The van der Waals surface area contributed by atoms with Crippen LogP contribution in [0, 0.1) is 0 Å². The van der Waals surface area contributed by atoms with Crippen LogP contribution in [0.4, 0.5) is 0 Å². The summed E-state index contributed by atoms with van der Waals surface area (Å²) in [6, 6.07) is 21.2. The van der Waals surface area contributed by atoms with Crippen LogP contribution in [0.1, 0.15) is 27.8 Å². The Kier molecular flexibility index (Phi) is 6.40. The first-order valence-electron chi connectivity index (χ1n) is 10.2. The summed E-state index contributed by atoms with van der Waals surface area (Å²) >= 11 is 6.50. The molecule has 1 aliphatic heterocycles. The van der Waals surface area contributed by atoms with Gasteiger partial charge in [-0.2, -0.15) is 0 Å². The number of benzene rings is 3. The minimum absolute atomic E-state index is 0.0456.